The predicted octanol–water partition coefficient (Wildman–Crippen LogP) is 4.32. The molecule has 0 aliphatic carbocycles. The lowest BCUT2D eigenvalue weighted by Crippen LogP contribution is -2.58. The zero-order chi connectivity index (χ0) is 27.4. The van der Waals surface area contributed by atoms with Crippen LogP contribution in [0, 0.1) is 17.0 Å². The number of carbonyl (C=O) groups excluding carboxylic acids is 1. The monoisotopic (exact) mass is 534 g/mol. The number of rotatable bonds is 8. The van der Waals surface area contributed by atoms with Crippen molar-refractivity contribution in [1.29, 1.82) is 0 Å². The molecule has 12 heteroatoms. The van der Waals surface area contributed by atoms with Gasteiger partial charge in [-0.3, -0.25) is 24.7 Å². The number of piperazine rings is 1. The van der Waals surface area contributed by atoms with Gasteiger partial charge in [-0.1, -0.05) is 0 Å². The molecule has 1 atom stereocenters. The molecule has 3 heterocycles. The van der Waals surface area contributed by atoms with Crippen LogP contribution < -0.4 is 10.2 Å². The highest BCUT2D eigenvalue weighted by Gasteiger charge is 2.33. The predicted molar refractivity (Wildman–Crippen MR) is 138 cm³/mol. The molecular formula is C26H33F3N6O3. The average Bonchev–Trinajstić information content (AvgIpc) is 2.87. The van der Waals surface area contributed by atoms with Crippen LogP contribution in [0.2, 0.25) is 0 Å². The summed E-state index contributed by atoms with van der Waals surface area (Å²) in [6.45, 7) is 7.64. The van der Waals surface area contributed by atoms with Crippen molar-refractivity contribution < 1.29 is 22.9 Å². The first-order valence-electron chi connectivity index (χ1n) is 12.8. The van der Waals surface area contributed by atoms with Crippen LogP contribution in [-0.2, 0) is 11.0 Å². The van der Waals surface area contributed by atoms with Gasteiger partial charge >= 0.3 is 6.18 Å². The lowest BCUT2D eigenvalue weighted by atomic mass is 10.0. The molecule has 1 aromatic carbocycles. The van der Waals surface area contributed by atoms with Crippen molar-refractivity contribution in [2.24, 2.45) is 0 Å². The summed E-state index contributed by atoms with van der Waals surface area (Å²) >= 11 is 0. The normalized spacial score (nSPS) is 18.8. The molecule has 0 spiro atoms. The molecule has 9 nitrogen and oxygen atoms in total. The highest BCUT2D eigenvalue weighted by molar-refractivity contribution is 5.76. The van der Waals surface area contributed by atoms with Crippen LogP contribution in [0.25, 0.3) is 0 Å². The standard InChI is InChI=1S/C26H33F3N6O3/c1-18-15-24(30-17-23(18)35(37)38)31-21-7-9-33(10-8-21)25(16-19(2)36)34-13-11-32(12-14-34)22-5-3-20(4-6-22)26(27,28)29/h3-6,15,17,21,25H,7-14,16H2,1-2H3,(H,30,31). The third kappa shape index (κ3) is 6.79. The minimum absolute atomic E-state index is 0.00383. The molecule has 1 N–H and O–H groups in total. The molecule has 2 fully saturated rings. The van der Waals surface area contributed by atoms with E-state index in [0.717, 1.165) is 43.8 Å². The van der Waals surface area contributed by atoms with Crippen LogP contribution in [-0.4, -0.2) is 77.0 Å². The number of Topliss-reactive ketones (excluding diaryl/α,β-unsaturated/α-hetero) is 1. The molecule has 2 aliphatic rings. The molecule has 1 aromatic heterocycles. The lowest BCUT2D eigenvalue weighted by molar-refractivity contribution is -0.385. The summed E-state index contributed by atoms with van der Waals surface area (Å²) in [4.78, 5) is 33.6. The number of hydrogen-bond acceptors (Lipinski definition) is 8. The smallest absolute Gasteiger partial charge is 0.369 e. The molecule has 4 rings (SSSR count). The van der Waals surface area contributed by atoms with Gasteiger partial charge in [0, 0.05) is 63.0 Å². The number of likely N-dealkylation sites (tertiary alicyclic amines) is 1. The van der Waals surface area contributed by atoms with E-state index in [1.807, 2.05) is 0 Å². The number of alkyl halides is 3. The number of nitrogens with one attached hydrogen (secondary N) is 1. The van der Waals surface area contributed by atoms with Crippen LogP contribution in [0.4, 0.5) is 30.4 Å². The first-order valence-corrected chi connectivity index (χ1v) is 12.8. The quantitative estimate of drug-likeness (QED) is 0.395. The second-order valence-corrected chi connectivity index (χ2v) is 10.0. The van der Waals surface area contributed by atoms with E-state index in [2.05, 4.69) is 25.0 Å². The fraction of sp³-hybridized carbons (Fsp3) is 0.538. The summed E-state index contributed by atoms with van der Waals surface area (Å²) in [5.74, 6) is 0.734. The van der Waals surface area contributed by atoms with Gasteiger partial charge in [0.25, 0.3) is 5.69 Å². The van der Waals surface area contributed by atoms with Gasteiger partial charge in [-0.25, -0.2) is 4.98 Å². The molecule has 206 valence electrons. The van der Waals surface area contributed by atoms with Crippen LogP contribution in [0.15, 0.2) is 36.5 Å². The maximum Gasteiger partial charge on any atom is 0.416 e. The molecule has 0 amide bonds. The topological polar surface area (TPSA) is 94.8 Å². The number of hydrogen-bond donors (Lipinski definition) is 1. The first-order chi connectivity index (χ1) is 18.0. The molecule has 0 bridgehead atoms. The number of anilines is 2. The SMILES string of the molecule is CC(=O)CC(N1CCC(Nc2cc(C)c([N+](=O)[O-])cn2)CC1)N1CCN(c2ccc(C(F)(F)F)cc2)CC1. The van der Waals surface area contributed by atoms with Crippen LogP contribution in [0.1, 0.15) is 37.3 Å². The minimum atomic E-state index is -4.35. The molecule has 38 heavy (non-hydrogen) atoms. The van der Waals surface area contributed by atoms with Crippen molar-refractivity contribution in [3.63, 3.8) is 0 Å². The van der Waals surface area contributed by atoms with Crippen LogP contribution in [0.3, 0.4) is 0 Å². The second-order valence-electron chi connectivity index (χ2n) is 10.0. The number of pyridine rings is 1. The maximum atomic E-state index is 12.9. The van der Waals surface area contributed by atoms with Crippen LogP contribution >= 0.6 is 0 Å². The van der Waals surface area contributed by atoms with E-state index in [4.69, 9.17) is 0 Å². The van der Waals surface area contributed by atoms with E-state index in [1.54, 1.807) is 19.9 Å². The third-order valence-electron chi connectivity index (χ3n) is 7.35. The number of nitro groups is 1. The van der Waals surface area contributed by atoms with Gasteiger partial charge in [-0.2, -0.15) is 13.2 Å². The Balaban J connectivity index is 1.32. The van der Waals surface area contributed by atoms with Crippen molar-refractivity contribution in [2.45, 2.75) is 51.5 Å². The average molecular weight is 535 g/mol. The molecule has 1 unspecified atom stereocenters. The van der Waals surface area contributed by atoms with E-state index in [1.165, 1.54) is 18.3 Å². The Morgan fingerprint density at radius 2 is 1.71 bits per heavy atom. The number of aryl methyl sites for hydroxylation is 1. The highest BCUT2D eigenvalue weighted by Crippen LogP contribution is 2.31. The maximum absolute atomic E-state index is 12.9. The van der Waals surface area contributed by atoms with Gasteiger partial charge in [-0.05, 0) is 57.0 Å². The number of halogens is 3. The first kappa shape index (κ1) is 27.8. The molecule has 2 aliphatic heterocycles. The van der Waals surface area contributed by atoms with Crippen LogP contribution in [0.5, 0.6) is 0 Å². The minimum Gasteiger partial charge on any atom is -0.369 e. The summed E-state index contributed by atoms with van der Waals surface area (Å²) in [6, 6.07) is 7.14. The number of benzene rings is 1. The largest absolute Gasteiger partial charge is 0.416 e. The van der Waals surface area contributed by atoms with Crippen molar-refractivity contribution in [3.8, 4) is 0 Å². The van der Waals surface area contributed by atoms with Crippen molar-refractivity contribution in [2.75, 3.05) is 49.5 Å². The zero-order valence-corrected chi connectivity index (χ0v) is 21.6. The lowest BCUT2D eigenvalue weighted by Gasteiger charge is -2.46. The third-order valence-corrected chi connectivity index (χ3v) is 7.35. The Labute approximate surface area is 219 Å². The Morgan fingerprint density at radius 1 is 1.11 bits per heavy atom. The summed E-state index contributed by atoms with van der Waals surface area (Å²) in [5.41, 5.74) is 0.666. The number of nitrogens with zero attached hydrogens (tertiary/aromatic N) is 5. The van der Waals surface area contributed by atoms with Crippen molar-refractivity contribution >= 4 is 23.0 Å². The van der Waals surface area contributed by atoms with Gasteiger partial charge in [-0.15, -0.1) is 0 Å². The molecule has 0 radical (unpaired) electrons. The summed E-state index contributed by atoms with van der Waals surface area (Å²) in [7, 11) is 0. The molecule has 2 aromatic rings. The van der Waals surface area contributed by atoms with Crippen molar-refractivity contribution in [3.05, 3.63) is 57.8 Å². The Hall–Kier alpha value is -3.25. The number of ketones is 1. The fourth-order valence-corrected chi connectivity index (χ4v) is 5.26. The van der Waals surface area contributed by atoms with Crippen molar-refractivity contribution in [1.82, 2.24) is 14.8 Å². The second kappa shape index (κ2) is 11.6. The van der Waals surface area contributed by atoms with Gasteiger partial charge in [0.2, 0.25) is 0 Å². The molecule has 0 saturated carbocycles. The summed E-state index contributed by atoms with van der Waals surface area (Å²) < 4.78 is 38.7. The Morgan fingerprint density at radius 3 is 2.24 bits per heavy atom. The van der Waals surface area contributed by atoms with E-state index in [0.29, 0.717) is 44.0 Å². The Bertz CT molecular complexity index is 1130. The van der Waals surface area contributed by atoms with Gasteiger partial charge in [0.05, 0.1) is 16.7 Å². The van der Waals surface area contributed by atoms with E-state index < -0.39 is 16.7 Å². The Kier molecular flexibility index (Phi) is 8.51. The summed E-state index contributed by atoms with van der Waals surface area (Å²) in [6.07, 6.45) is -0.989. The van der Waals surface area contributed by atoms with Gasteiger partial charge < -0.3 is 10.2 Å². The summed E-state index contributed by atoms with van der Waals surface area (Å²) in [5, 5.41) is 14.4. The number of piperidine rings is 1. The molecular weight excluding hydrogens is 501 g/mol. The van der Waals surface area contributed by atoms with Gasteiger partial charge in [0.1, 0.15) is 17.8 Å². The number of aromatic nitrogens is 1. The fourth-order valence-electron chi connectivity index (χ4n) is 5.26. The van der Waals surface area contributed by atoms with E-state index in [-0.39, 0.29) is 23.7 Å². The van der Waals surface area contributed by atoms with E-state index in [9.17, 15) is 28.1 Å². The van der Waals surface area contributed by atoms with E-state index >= 15 is 0 Å². The number of carbonyl (C=O) groups is 1. The molecule has 2 saturated heterocycles. The highest BCUT2D eigenvalue weighted by atomic mass is 19.4. The van der Waals surface area contributed by atoms with Gasteiger partial charge in [0.15, 0.2) is 0 Å². The zero-order valence-electron chi connectivity index (χ0n) is 21.6.